The predicted octanol–water partition coefficient (Wildman–Crippen LogP) is 1.83. The van der Waals surface area contributed by atoms with E-state index in [1.807, 2.05) is 0 Å². The van der Waals surface area contributed by atoms with Crippen LogP contribution in [0.5, 0.6) is 0 Å². The highest BCUT2D eigenvalue weighted by atomic mass is 16.4. The topological polar surface area (TPSA) is 62.5 Å². The first kappa shape index (κ1) is 14.3. The molecule has 1 N–H and O–H groups in total. The van der Waals surface area contributed by atoms with Crippen molar-refractivity contribution in [3.8, 4) is 0 Å². The van der Waals surface area contributed by atoms with Crippen LogP contribution in [0.1, 0.15) is 36.7 Å². The van der Waals surface area contributed by atoms with Gasteiger partial charge in [-0.2, -0.15) is 0 Å². The number of carbonyl (C=O) groups excluding carboxylic acids is 1. The van der Waals surface area contributed by atoms with Crippen molar-refractivity contribution in [3.05, 3.63) is 24.0 Å². The summed E-state index contributed by atoms with van der Waals surface area (Å²) < 4.78 is 1.46. The lowest BCUT2D eigenvalue weighted by atomic mass is 10.2. The summed E-state index contributed by atoms with van der Waals surface area (Å²) in [5.41, 5.74) is 0.427. The van der Waals surface area contributed by atoms with Crippen molar-refractivity contribution in [1.29, 1.82) is 0 Å². The molecule has 1 aromatic heterocycles. The van der Waals surface area contributed by atoms with Gasteiger partial charge in [0.2, 0.25) is 0 Å². The van der Waals surface area contributed by atoms with Gasteiger partial charge in [0.25, 0.3) is 5.91 Å². The number of hydrogen-bond donors (Lipinski definition) is 1. The number of amides is 1. The average molecular weight is 252 g/mol. The third kappa shape index (κ3) is 3.91. The molecule has 100 valence electrons. The van der Waals surface area contributed by atoms with Crippen LogP contribution in [-0.2, 0) is 11.3 Å². The first-order valence-electron chi connectivity index (χ1n) is 6.18. The lowest BCUT2D eigenvalue weighted by Gasteiger charge is -2.17. The molecule has 0 spiro atoms. The van der Waals surface area contributed by atoms with E-state index >= 15 is 0 Å². The third-order valence-corrected chi connectivity index (χ3v) is 2.80. The average Bonchev–Trinajstić information content (AvgIpc) is 2.75. The van der Waals surface area contributed by atoms with Gasteiger partial charge in [-0.05, 0) is 18.6 Å². The fourth-order valence-corrected chi connectivity index (χ4v) is 1.79. The Balaban J connectivity index is 2.65. The number of rotatable bonds is 7. The number of aliphatic carboxylic acids is 1. The molecule has 0 unspecified atom stereocenters. The Morgan fingerprint density at radius 1 is 1.39 bits per heavy atom. The van der Waals surface area contributed by atoms with Crippen LogP contribution in [0.2, 0.25) is 0 Å². The Morgan fingerprint density at radius 3 is 2.72 bits per heavy atom. The molecular weight excluding hydrogens is 232 g/mol. The van der Waals surface area contributed by atoms with E-state index in [1.54, 1.807) is 30.3 Å². The van der Waals surface area contributed by atoms with Crippen molar-refractivity contribution in [2.75, 3.05) is 13.6 Å². The summed E-state index contributed by atoms with van der Waals surface area (Å²) in [6.45, 7) is 2.63. The lowest BCUT2D eigenvalue weighted by Crippen LogP contribution is -2.30. The van der Waals surface area contributed by atoms with E-state index in [0.717, 1.165) is 19.3 Å². The Labute approximate surface area is 107 Å². The molecule has 0 aromatic carbocycles. The second-order valence-corrected chi connectivity index (χ2v) is 4.35. The van der Waals surface area contributed by atoms with Gasteiger partial charge in [-0.3, -0.25) is 9.59 Å². The molecule has 18 heavy (non-hydrogen) atoms. The van der Waals surface area contributed by atoms with Gasteiger partial charge in [-0.25, -0.2) is 0 Å². The lowest BCUT2D eigenvalue weighted by molar-refractivity contribution is -0.137. The van der Waals surface area contributed by atoms with Crippen LogP contribution in [-0.4, -0.2) is 40.0 Å². The molecule has 1 amide bonds. The summed E-state index contributed by atoms with van der Waals surface area (Å²) >= 11 is 0. The predicted molar refractivity (Wildman–Crippen MR) is 68.6 cm³/mol. The fourth-order valence-electron chi connectivity index (χ4n) is 1.79. The van der Waals surface area contributed by atoms with Crippen molar-refractivity contribution < 1.29 is 14.7 Å². The number of hydrogen-bond acceptors (Lipinski definition) is 2. The van der Waals surface area contributed by atoms with Crippen molar-refractivity contribution in [2.24, 2.45) is 0 Å². The standard InChI is InChI=1S/C13H20N2O3/c1-3-4-5-8-14(2)13(18)11-7-6-9-15(11)10-12(16)17/h6-7,9H,3-5,8,10H2,1-2H3,(H,16,17). The smallest absolute Gasteiger partial charge is 0.323 e. The maximum atomic E-state index is 12.1. The minimum Gasteiger partial charge on any atom is -0.480 e. The Hall–Kier alpha value is -1.78. The van der Waals surface area contributed by atoms with E-state index in [0.29, 0.717) is 12.2 Å². The van der Waals surface area contributed by atoms with Crippen LogP contribution < -0.4 is 0 Å². The number of carbonyl (C=O) groups is 2. The molecule has 0 bridgehead atoms. The van der Waals surface area contributed by atoms with Crippen LogP contribution in [0.4, 0.5) is 0 Å². The zero-order chi connectivity index (χ0) is 13.5. The van der Waals surface area contributed by atoms with Crippen molar-refractivity contribution in [1.82, 2.24) is 9.47 Å². The second-order valence-electron chi connectivity index (χ2n) is 4.35. The fraction of sp³-hybridized carbons (Fsp3) is 0.538. The summed E-state index contributed by atoms with van der Waals surface area (Å²) in [5, 5.41) is 8.76. The molecule has 0 fully saturated rings. The maximum Gasteiger partial charge on any atom is 0.323 e. The first-order valence-corrected chi connectivity index (χ1v) is 6.18. The summed E-state index contributed by atoms with van der Waals surface area (Å²) in [7, 11) is 1.75. The summed E-state index contributed by atoms with van der Waals surface area (Å²) in [4.78, 5) is 24.4. The van der Waals surface area contributed by atoms with Crippen molar-refractivity contribution >= 4 is 11.9 Å². The number of nitrogens with zero attached hydrogens (tertiary/aromatic N) is 2. The van der Waals surface area contributed by atoms with Gasteiger partial charge in [-0.15, -0.1) is 0 Å². The van der Waals surface area contributed by atoms with Crippen molar-refractivity contribution in [2.45, 2.75) is 32.7 Å². The maximum absolute atomic E-state index is 12.1. The third-order valence-electron chi connectivity index (χ3n) is 2.80. The largest absolute Gasteiger partial charge is 0.480 e. The van der Waals surface area contributed by atoms with Crippen LogP contribution >= 0.6 is 0 Å². The van der Waals surface area contributed by atoms with Gasteiger partial charge in [0.1, 0.15) is 12.2 Å². The van der Waals surface area contributed by atoms with E-state index < -0.39 is 5.97 Å². The van der Waals surface area contributed by atoms with Gasteiger partial charge in [0.15, 0.2) is 0 Å². The molecule has 0 atom stereocenters. The van der Waals surface area contributed by atoms with Gasteiger partial charge in [-0.1, -0.05) is 19.8 Å². The summed E-state index contributed by atoms with van der Waals surface area (Å²) in [5.74, 6) is -1.08. The number of unbranched alkanes of at least 4 members (excludes halogenated alkanes) is 2. The van der Waals surface area contributed by atoms with Gasteiger partial charge < -0.3 is 14.6 Å². The molecule has 0 saturated heterocycles. The number of carboxylic acid groups (broad SMARTS) is 1. The SMILES string of the molecule is CCCCCN(C)C(=O)c1cccn1CC(=O)O. The molecule has 5 heteroatoms. The van der Waals surface area contributed by atoms with Crippen LogP contribution in [0.3, 0.4) is 0 Å². The van der Waals surface area contributed by atoms with E-state index in [-0.39, 0.29) is 12.5 Å². The molecule has 1 aromatic rings. The van der Waals surface area contributed by atoms with E-state index in [4.69, 9.17) is 5.11 Å². The molecule has 0 aliphatic carbocycles. The van der Waals surface area contributed by atoms with Crippen LogP contribution in [0, 0.1) is 0 Å². The minimum absolute atomic E-state index is 0.127. The minimum atomic E-state index is -0.950. The molecule has 0 radical (unpaired) electrons. The number of carboxylic acids is 1. The Morgan fingerprint density at radius 2 is 2.11 bits per heavy atom. The molecule has 1 heterocycles. The highest BCUT2D eigenvalue weighted by Crippen LogP contribution is 2.07. The highest BCUT2D eigenvalue weighted by molar-refractivity contribution is 5.93. The Kier molecular flexibility index (Phi) is 5.42. The van der Waals surface area contributed by atoms with Gasteiger partial charge in [0, 0.05) is 19.8 Å². The molecular formula is C13H20N2O3. The van der Waals surface area contributed by atoms with Crippen LogP contribution in [0.25, 0.3) is 0 Å². The molecule has 1 rings (SSSR count). The quantitative estimate of drug-likeness (QED) is 0.753. The monoisotopic (exact) mass is 252 g/mol. The first-order chi connectivity index (χ1) is 8.56. The van der Waals surface area contributed by atoms with E-state index in [1.165, 1.54) is 4.57 Å². The van der Waals surface area contributed by atoms with Gasteiger partial charge in [0.05, 0.1) is 0 Å². The van der Waals surface area contributed by atoms with Crippen molar-refractivity contribution in [3.63, 3.8) is 0 Å². The highest BCUT2D eigenvalue weighted by Gasteiger charge is 2.16. The molecule has 0 saturated carbocycles. The summed E-state index contributed by atoms with van der Waals surface area (Å²) in [6.07, 6.45) is 4.78. The number of aromatic nitrogens is 1. The second kappa shape index (κ2) is 6.83. The summed E-state index contributed by atoms with van der Waals surface area (Å²) in [6, 6.07) is 3.34. The zero-order valence-corrected chi connectivity index (χ0v) is 10.9. The molecule has 0 aliphatic rings. The van der Waals surface area contributed by atoms with Gasteiger partial charge >= 0.3 is 5.97 Å². The normalized spacial score (nSPS) is 10.3. The molecule has 5 nitrogen and oxygen atoms in total. The zero-order valence-electron chi connectivity index (χ0n) is 10.9. The van der Waals surface area contributed by atoms with E-state index in [2.05, 4.69) is 6.92 Å². The molecule has 0 aliphatic heterocycles. The Bertz CT molecular complexity index is 412. The van der Waals surface area contributed by atoms with Crippen LogP contribution in [0.15, 0.2) is 18.3 Å². The van der Waals surface area contributed by atoms with E-state index in [9.17, 15) is 9.59 Å².